The van der Waals surface area contributed by atoms with Crippen LogP contribution in [0.2, 0.25) is 18.1 Å². The molecule has 34 heavy (non-hydrogen) atoms. The predicted octanol–water partition coefficient (Wildman–Crippen LogP) is 5.40. The zero-order valence-corrected chi connectivity index (χ0v) is 23.0. The second kappa shape index (κ2) is 11.4. The lowest BCUT2D eigenvalue weighted by molar-refractivity contribution is -0.140. The summed E-state index contributed by atoms with van der Waals surface area (Å²) in [5.41, 5.74) is 2.33. The van der Waals surface area contributed by atoms with E-state index in [1.54, 1.807) is 6.07 Å². The van der Waals surface area contributed by atoms with E-state index in [-0.39, 0.29) is 23.3 Å². The number of carboxylic acids is 2. The van der Waals surface area contributed by atoms with E-state index >= 15 is 0 Å². The van der Waals surface area contributed by atoms with E-state index in [0.29, 0.717) is 18.8 Å². The molecule has 192 valence electrons. The van der Waals surface area contributed by atoms with Crippen molar-refractivity contribution in [3.63, 3.8) is 0 Å². The summed E-state index contributed by atoms with van der Waals surface area (Å²) in [5, 5.41) is 20.5. The van der Waals surface area contributed by atoms with Crippen molar-refractivity contribution in [1.82, 2.24) is 5.32 Å². The fourth-order valence-electron chi connectivity index (χ4n) is 3.58. The molecule has 0 saturated heterocycles. The number of nitrogens with one attached hydrogen (secondary N) is 1. The SMILES string of the molecule is Cc1cc(C)c(C(C)(C)CCO[Si](C)(C)C(C)(C)C)c(OC(=O)NC(CCC(=O)O)C(=O)O)c1. The molecule has 0 aliphatic carbocycles. The minimum absolute atomic E-state index is 0.102. The van der Waals surface area contributed by atoms with Crippen LogP contribution in [0.5, 0.6) is 5.75 Å². The van der Waals surface area contributed by atoms with Gasteiger partial charge in [-0.25, -0.2) is 9.59 Å². The molecular weight excluding hydrogens is 454 g/mol. The van der Waals surface area contributed by atoms with E-state index in [1.807, 2.05) is 19.9 Å². The summed E-state index contributed by atoms with van der Waals surface area (Å²) in [7, 11) is -1.91. The van der Waals surface area contributed by atoms with Gasteiger partial charge in [-0.3, -0.25) is 4.79 Å². The number of rotatable bonds is 11. The van der Waals surface area contributed by atoms with Gasteiger partial charge in [0.15, 0.2) is 8.32 Å². The lowest BCUT2D eigenvalue weighted by Crippen LogP contribution is -2.43. The van der Waals surface area contributed by atoms with Gasteiger partial charge in [0.1, 0.15) is 11.8 Å². The summed E-state index contributed by atoms with van der Waals surface area (Å²) in [6, 6.07) is 2.42. The predicted molar refractivity (Wildman–Crippen MR) is 134 cm³/mol. The zero-order chi connectivity index (χ0) is 26.5. The first-order valence-corrected chi connectivity index (χ1v) is 14.5. The second-order valence-electron chi connectivity index (χ2n) is 11.1. The highest BCUT2D eigenvalue weighted by Crippen LogP contribution is 2.40. The molecule has 1 atom stereocenters. The van der Waals surface area contributed by atoms with Crippen molar-refractivity contribution in [2.24, 2.45) is 0 Å². The Bertz CT molecular complexity index is 903. The Morgan fingerprint density at radius 2 is 1.65 bits per heavy atom. The van der Waals surface area contributed by atoms with Crippen LogP contribution < -0.4 is 10.1 Å². The smallest absolute Gasteiger partial charge is 0.413 e. The Hall–Kier alpha value is -2.39. The van der Waals surface area contributed by atoms with Crippen LogP contribution in [0.15, 0.2) is 12.1 Å². The third kappa shape index (κ3) is 8.43. The summed E-state index contributed by atoms with van der Waals surface area (Å²) in [5.74, 6) is -2.10. The van der Waals surface area contributed by atoms with E-state index in [0.717, 1.165) is 16.7 Å². The number of carbonyl (C=O) groups is 3. The molecule has 0 heterocycles. The van der Waals surface area contributed by atoms with Crippen LogP contribution in [0, 0.1) is 13.8 Å². The van der Waals surface area contributed by atoms with Crippen LogP contribution >= 0.6 is 0 Å². The number of aryl methyl sites for hydroxylation is 2. The average Bonchev–Trinajstić information content (AvgIpc) is 2.62. The molecule has 0 saturated carbocycles. The maximum absolute atomic E-state index is 12.6. The van der Waals surface area contributed by atoms with Gasteiger partial charge >= 0.3 is 18.0 Å². The molecule has 0 spiro atoms. The quantitative estimate of drug-likeness (QED) is 0.351. The van der Waals surface area contributed by atoms with E-state index in [1.165, 1.54) is 0 Å². The number of amides is 1. The van der Waals surface area contributed by atoms with Crippen molar-refractivity contribution in [3.05, 3.63) is 28.8 Å². The molecule has 0 fully saturated rings. The van der Waals surface area contributed by atoms with Crippen LogP contribution in [0.4, 0.5) is 4.79 Å². The maximum atomic E-state index is 12.6. The van der Waals surface area contributed by atoms with Crippen molar-refractivity contribution in [3.8, 4) is 5.75 Å². The minimum atomic E-state index is -1.91. The van der Waals surface area contributed by atoms with Gasteiger partial charge in [0.25, 0.3) is 0 Å². The normalized spacial score (nSPS) is 13.3. The van der Waals surface area contributed by atoms with E-state index in [2.05, 4.69) is 53.0 Å². The molecular formula is C25H41NO7Si. The minimum Gasteiger partial charge on any atom is -0.481 e. The Morgan fingerprint density at radius 3 is 2.15 bits per heavy atom. The monoisotopic (exact) mass is 495 g/mol. The number of hydrogen-bond donors (Lipinski definition) is 3. The molecule has 1 unspecified atom stereocenters. The van der Waals surface area contributed by atoms with Gasteiger partial charge in [-0.2, -0.15) is 0 Å². The molecule has 1 amide bonds. The topological polar surface area (TPSA) is 122 Å². The summed E-state index contributed by atoms with van der Waals surface area (Å²) >= 11 is 0. The largest absolute Gasteiger partial charge is 0.481 e. The first-order valence-electron chi connectivity index (χ1n) is 11.6. The fourth-order valence-corrected chi connectivity index (χ4v) is 4.62. The van der Waals surface area contributed by atoms with Crippen molar-refractivity contribution >= 4 is 26.3 Å². The molecule has 3 N–H and O–H groups in total. The molecule has 0 aromatic heterocycles. The molecule has 0 aliphatic heterocycles. The third-order valence-electron chi connectivity index (χ3n) is 6.56. The maximum Gasteiger partial charge on any atom is 0.413 e. The van der Waals surface area contributed by atoms with Crippen LogP contribution in [0.1, 0.15) is 70.6 Å². The van der Waals surface area contributed by atoms with E-state index in [4.69, 9.17) is 14.3 Å². The fraction of sp³-hybridized carbons (Fsp3) is 0.640. The van der Waals surface area contributed by atoms with Crippen molar-refractivity contribution < 1.29 is 33.8 Å². The van der Waals surface area contributed by atoms with Crippen LogP contribution in [0.25, 0.3) is 0 Å². The van der Waals surface area contributed by atoms with E-state index in [9.17, 15) is 19.5 Å². The van der Waals surface area contributed by atoms with Crippen LogP contribution in [-0.4, -0.2) is 49.2 Å². The van der Waals surface area contributed by atoms with Gasteiger partial charge in [0.2, 0.25) is 0 Å². The highest BCUT2D eigenvalue weighted by atomic mass is 28.4. The van der Waals surface area contributed by atoms with Gasteiger partial charge in [0, 0.05) is 18.6 Å². The second-order valence-corrected chi connectivity index (χ2v) is 15.9. The highest BCUT2D eigenvalue weighted by Gasteiger charge is 2.38. The van der Waals surface area contributed by atoms with Crippen molar-refractivity contribution in [1.29, 1.82) is 0 Å². The standard InChI is InChI=1S/C25H41NO7Si/c1-16-14-17(2)21(25(6,7)12-13-32-34(8,9)24(3,4)5)19(15-16)33-23(31)26-18(22(29)30)10-11-20(27)28/h14-15,18H,10-13H2,1-9H3,(H,26,31)(H,27,28)(H,29,30). The van der Waals surface area contributed by atoms with Crippen LogP contribution in [-0.2, 0) is 19.4 Å². The van der Waals surface area contributed by atoms with Crippen LogP contribution in [0.3, 0.4) is 0 Å². The summed E-state index contributed by atoms with van der Waals surface area (Å²) in [6.45, 7) is 19.5. The molecule has 0 bridgehead atoms. The Morgan fingerprint density at radius 1 is 1.06 bits per heavy atom. The van der Waals surface area contributed by atoms with Gasteiger partial charge in [0.05, 0.1) is 0 Å². The number of ether oxygens (including phenoxy) is 1. The highest BCUT2D eigenvalue weighted by molar-refractivity contribution is 6.74. The van der Waals surface area contributed by atoms with Gasteiger partial charge in [-0.05, 0) is 67.4 Å². The summed E-state index contributed by atoms with van der Waals surface area (Å²) < 4.78 is 12.0. The molecule has 1 rings (SSSR count). The number of carboxylic acid groups (broad SMARTS) is 2. The molecule has 9 heteroatoms. The third-order valence-corrected chi connectivity index (χ3v) is 11.1. The van der Waals surface area contributed by atoms with E-state index < -0.39 is 32.4 Å². The summed E-state index contributed by atoms with van der Waals surface area (Å²) in [6.07, 6.45) is -0.849. The Balaban J connectivity index is 3.09. The summed E-state index contributed by atoms with van der Waals surface area (Å²) in [4.78, 5) is 34.8. The molecule has 8 nitrogen and oxygen atoms in total. The number of aliphatic carboxylic acids is 2. The van der Waals surface area contributed by atoms with Gasteiger partial charge in [-0.15, -0.1) is 0 Å². The Labute approximate surface area is 204 Å². The van der Waals surface area contributed by atoms with Gasteiger partial charge < -0.3 is 24.7 Å². The molecule has 0 aliphatic rings. The van der Waals surface area contributed by atoms with Crippen molar-refractivity contribution in [2.45, 2.75) is 97.3 Å². The number of carbonyl (C=O) groups excluding carboxylic acids is 1. The molecule has 1 aromatic rings. The van der Waals surface area contributed by atoms with Gasteiger partial charge in [-0.1, -0.05) is 40.7 Å². The molecule has 0 radical (unpaired) electrons. The first-order chi connectivity index (χ1) is 15.4. The average molecular weight is 496 g/mol. The Kier molecular flexibility index (Phi) is 9.90. The zero-order valence-electron chi connectivity index (χ0n) is 22.0. The lowest BCUT2D eigenvalue weighted by Gasteiger charge is -2.37. The first kappa shape index (κ1) is 29.6. The number of benzene rings is 1. The number of hydrogen-bond acceptors (Lipinski definition) is 5. The molecule has 1 aromatic carbocycles. The van der Waals surface area contributed by atoms with Crippen molar-refractivity contribution in [2.75, 3.05) is 6.61 Å². The lowest BCUT2D eigenvalue weighted by atomic mass is 9.78.